The monoisotopic (exact) mass is 498 g/mol. The third kappa shape index (κ3) is 3.32. The summed E-state index contributed by atoms with van der Waals surface area (Å²) in [4.78, 5) is 5.19. The van der Waals surface area contributed by atoms with Gasteiger partial charge in [-0.2, -0.15) is 0 Å². The Kier molecular flexibility index (Phi) is 5.40. The maximum absolute atomic E-state index is 4.41. The first-order chi connectivity index (χ1) is 18.1. The Morgan fingerprint density at radius 2 is 1.24 bits per heavy atom. The molecule has 0 saturated heterocycles. The lowest BCUT2D eigenvalue weighted by Gasteiger charge is -2.57. The summed E-state index contributed by atoms with van der Waals surface area (Å²) >= 11 is 0. The van der Waals surface area contributed by atoms with Crippen LogP contribution in [0.2, 0.25) is 0 Å². The highest BCUT2D eigenvalue weighted by Crippen LogP contribution is 2.63. The van der Waals surface area contributed by atoms with E-state index in [1.807, 2.05) is 0 Å². The molecule has 0 bridgehead atoms. The molecule has 2 heteroatoms. The molecule has 0 aliphatic carbocycles. The lowest BCUT2D eigenvalue weighted by Crippen LogP contribution is -2.60. The minimum Gasteiger partial charge on any atom is -0.317 e. The summed E-state index contributed by atoms with van der Waals surface area (Å²) in [6.45, 7) is 18.5. The lowest BCUT2D eigenvalue weighted by molar-refractivity contribution is 0.171. The largest absolute Gasteiger partial charge is 0.317 e. The number of hydrogen-bond donors (Lipinski definition) is 0. The molecule has 2 aliphatic heterocycles. The smallest absolute Gasteiger partial charge is 0.117 e. The van der Waals surface area contributed by atoms with Crippen LogP contribution in [0.25, 0.3) is 11.1 Å². The molecule has 192 valence electrons. The zero-order valence-corrected chi connectivity index (χ0v) is 23.5. The number of rotatable bonds is 3. The number of allylic oxidation sites excluding steroid dienone is 1. The van der Waals surface area contributed by atoms with Crippen LogP contribution in [0, 0.1) is 5.41 Å². The Morgan fingerprint density at radius 1 is 0.684 bits per heavy atom. The van der Waals surface area contributed by atoms with E-state index in [1.165, 1.54) is 45.0 Å². The predicted molar refractivity (Wildman–Crippen MR) is 163 cm³/mol. The van der Waals surface area contributed by atoms with Gasteiger partial charge in [0, 0.05) is 22.1 Å². The molecule has 6 rings (SSSR count). The third-order valence-corrected chi connectivity index (χ3v) is 9.21. The fourth-order valence-corrected chi connectivity index (χ4v) is 6.59. The molecule has 0 fully saturated rings. The molecule has 0 radical (unpaired) electrons. The molecule has 38 heavy (non-hydrogen) atoms. The van der Waals surface area contributed by atoms with Gasteiger partial charge in [0.15, 0.2) is 0 Å². The van der Waals surface area contributed by atoms with Crippen LogP contribution in [0.5, 0.6) is 0 Å². The van der Waals surface area contributed by atoms with Crippen molar-refractivity contribution in [2.75, 3.05) is 9.80 Å². The number of nitrogens with zero attached hydrogens (tertiary/aromatic N) is 2. The van der Waals surface area contributed by atoms with Crippen molar-refractivity contribution in [3.05, 3.63) is 121 Å². The second-order valence-corrected chi connectivity index (χ2v) is 12.6. The number of benzene rings is 4. The van der Waals surface area contributed by atoms with Crippen LogP contribution in [0.1, 0.15) is 52.7 Å². The molecule has 2 nitrogen and oxygen atoms in total. The topological polar surface area (TPSA) is 6.48 Å². The average molecular weight is 499 g/mol. The standard InChI is InChI=1S/C36H38N2/c1-8-36(7)28-23-22-26(34(2,3)4)24-32(28)38-31-21-15-14-20-30(31)37(33(38)35(36,5)6)29-19-13-12-18-27(29)25-16-10-9-11-17-25/h8-24,33H,1H2,2-7H3. The van der Waals surface area contributed by atoms with Crippen LogP contribution in [-0.2, 0) is 10.8 Å². The first-order valence-electron chi connectivity index (χ1n) is 13.7. The molecule has 0 saturated carbocycles. The Balaban J connectivity index is 1.67. The summed E-state index contributed by atoms with van der Waals surface area (Å²) in [7, 11) is 0. The van der Waals surface area contributed by atoms with E-state index in [9.17, 15) is 0 Å². The molecular weight excluding hydrogens is 460 g/mol. The van der Waals surface area contributed by atoms with E-state index in [4.69, 9.17) is 0 Å². The van der Waals surface area contributed by atoms with E-state index in [-0.39, 0.29) is 22.4 Å². The summed E-state index contributed by atoms with van der Waals surface area (Å²) in [5.74, 6) is 0. The lowest BCUT2D eigenvalue weighted by atomic mass is 9.58. The van der Waals surface area contributed by atoms with Gasteiger partial charge < -0.3 is 9.80 Å². The van der Waals surface area contributed by atoms with Crippen LogP contribution >= 0.6 is 0 Å². The molecule has 4 aromatic rings. The molecule has 0 amide bonds. The van der Waals surface area contributed by atoms with E-state index in [0.717, 1.165) is 0 Å². The van der Waals surface area contributed by atoms with Crippen LogP contribution in [-0.4, -0.2) is 6.17 Å². The summed E-state index contributed by atoms with van der Waals surface area (Å²) in [5, 5.41) is 0. The van der Waals surface area contributed by atoms with Gasteiger partial charge in [0.25, 0.3) is 0 Å². The van der Waals surface area contributed by atoms with Gasteiger partial charge in [-0.05, 0) is 46.4 Å². The molecule has 4 aromatic carbocycles. The zero-order chi connectivity index (χ0) is 26.9. The molecule has 2 atom stereocenters. The highest BCUT2D eigenvalue weighted by molar-refractivity contribution is 5.94. The Morgan fingerprint density at radius 3 is 1.84 bits per heavy atom. The van der Waals surface area contributed by atoms with Crippen molar-refractivity contribution in [2.45, 2.75) is 58.5 Å². The van der Waals surface area contributed by atoms with E-state index in [0.29, 0.717) is 0 Å². The van der Waals surface area contributed by atoms with E-state index < -0.39 is 0 Å². The highest BCUT2D eigenvalue weighted by atomic mass is 15.4. The summed E-state index contributed by atoms with van der Waals surface area (Å²) in [6, 6.07) is 35.6. The normalized spacial score (nSPS) is 21.5. The average Bonchev–Trinajstić information content (AvgIpc) is 3.28. The van der Waals surface area contributed by atoms with Gasteiger partial charge in [0.1, 0.15) is 6.17 Å². The summed E-state index contributed by atoms with van der Waals surface area (Å²) in [5.41, 5.74) is 9.84. The van der Waals surface area contributed by atoms with Gasteiger partial charge in [0.2, 0.25) is 0 Å². The second kappa shape index (κ2) is 8.36. The number of fused-ring (bicyclic) bond motifs is 5. The highest BCUT2D eigenvalue weighted by Gasteiger charge is 2.58. The quantitative estimate of drug-likeness (QED) is 0.259. The molecule has 0 aromatic heterocycles. The van der Waals surface area contributed by atoms with Gasteiger partial charge in [-0.15, -0.1) is 6.58 Å². The molecular formula is C36H38N2. The Labute approximate surface area is 228 Å². The maximum Gasteiger partial charge on any atom is 0.117 e. The molecule has 0 N–H and O–H groups in total. The van der Waals surface area contributed by atoms with Gasteiger partial charge >= 0.3 is 0 Å². The van der Waals surface area contributed by atoms with Gasteiger partial charge in [-0.1, -0.05) is 120 Å². The van der Waals surface area contributed by atoms with Crippen molar-refractivity contribution in [3.63, 3.8) is 0 Å². The number of hydrogen-bond acceptors (Lipinski definition) is 2. The van der Waals surface area contributed by atoms with Gasteiger partial charge in [-0.3, -0.25) is 0 Å². The first-order valence-corrected chi connectivity index (χ1v) is 13.7. The van der Waals surface area contributed by atoms with Gasteiger partial charge in [0.05, 0.1) is 17.1 Å². The van der Waals surface area contributed by atoms with Crippen LogP contribution < -0.4 is 9.80 Å². The fourth-order valence-electron chi connectivity index (χ4n) is 6.59. The van der Waals surface area contributed by atoms with E-state index in [1.54, 1.807) is 0 Å². The molecule has 0 spiro atoms. The summed E-state index contributed by atoms with van der Waals surface area (Å²) < 4.78 is 0. The Bertz CT molecular complexity index is 1520. The maximum atomic E-state index is 4.41. The van der Waals surface area contributed by atoms with Crippen molar-refractivity contribution in [3.8, 4) is 11.1 Å². The van der Waals surface area contributed by atoms with Crippen molar-refractivity contribution in [1.29, 1.82) is 0 Å². The predicted octanol–water partition coefficient (Wildman–Crippen LogP) is 9.75. The molecule has 2 heterocycles. The zero-order valence-electron chi connectivity index (χ0n) is 23.5. The van der Waals surface area contributed by atoms with Gasteiger partial charge in [-0.25, -0.2) is 0 Å². The Hall–Kier alpha value is -3.78. The van der Waals surface area contributed by atoms with E-state index >= 15 is 0 Å². The molecule has 2 aliphatic rings. The van der Waals surface area contributed by atoms with Crippen LogP contribution in [0.15, 0.2) is 110 Å². The van der Waals surface area contributed by atoms with Crippen molar-refractivity contribution >= 4 is 22.7 Å². The minimum atomic E-state index is -0.234. The van der Waals surface area contributed by atoms with Crippen molar-refractivity contribution in [2.24, 2.45) is 5.41 Å². The third-order valence-electron chi connectivity index (χ3n) is 9.21. The van der Waals surface area contributed by atoms with E-state index in [2.05, 4.69) is 161 Å². The van der Waals surface area contributed by atoms with Crippen molar-refractivity contribution < 1.29 is 0 Å². The summed E-state index contributed by atoms with van der Waals surface area (Å²) in [6.07, 6.45) is 2.25. The SMILES string of the molecule is C=CC1(C)c2ccc(C(C)(C)C)cc2N2c3ccccc3N(c3ccccc3-c3ccccc3)C2C1(C)C. The van der Waals surface area contributed by atoms with Crippen LogP contribution in [0.4, 0.5) is 22.7 Å². The fraction of sp³-hybridized carbons (Fsp3) is 0.278. The number of para-hydroxylation sites is 3. The van der Waals surface area contributed by atoms with Crippen molar-refractivity contribution in [1.82, 2.24) is 0 Å². The molecule has 2 unspecified atom stereocenters. The minimum absolute atomic E-state index is 0.0565. The first kappa shape index (κ1) is 24.6. The second-order valence-electron chi connectivity index (χ2n) is 12.6. The van der Waals surface area contributed by atoms with Crippen LogP contribution in [0.3, 0.4) is 0 Å². The number of anilines is 4.